The molecule has 6 atom stereocenters. The number of rotatable bonds is 5. The fourth-order valence-electron chi connectivity index (χ4n) is 5.88. The maximum atomic E-state index is 15.3. The lowest BCUT2D eigenvalue weighted by Gasteiger charge is -2.29. The summed E-state index contributed by atoms with van der Waals surface area (Å²) in [6.45, 7) is 0. The van der Waals surface area contributed by atoms with Crippen LogP contribution in [0.25, 0.3) is 20.8 Å². The third kappa shape index (κ3) is 3.83. The molecule has 8 nitrogen and oxygen atoms in total. The maximum absolute atomic E-state index is 15.3. The number of aliphatic hydroxyl groups is 1. The summed E-state index contributed by atoms with van der Waals surface area (Å²) in [6, 6.07) is 4.00. The van der Waals surface area contributed by atoms with Gasteiger partial charge in [-0.3, -0.25) is 4.79 Å². The van der Waals surface area contributed by atoms with Crippen molar-refractivity contribution in [1.29, 1.82) is 0 Å². The molecule has 14 heteroatoms. The van der Waals surface area contributed by atoms with Crippen LogP contribution in [0.3, 0.4) is 0 Å². The van der Waals surface area contributed by atoms with E-state index in [2.05, 4.69) is 25.3 Å². The molecule has 1 amide bonds. The highest BCUT2D eigenvalue weighted by Crippen LogP contribution is 2.51. The minimum Gasteiger partial charge on any atom is -0.383 e. The Kier molecular flexibility index (Phi) is 5.15. The van der Waals surface area contributed by atoms with Gasteiger partial charge in [0.1, 0.15) is 12.1 Å². The van der Waals surface area contributed by atoms with Gasteiger partial charge in [-0.2, -0.15) is 18.2 Å². The molecule has 2 saturated heterocycles. The number of carbonyl (C=O) groups is 1. The van der Waals surface area contributed by atoms with E-state index in [4.69, 9.17) is 4.52 Å². The van der Waals surface area contributed by atoms with E-state index >= 15 is 4.39 Å². The van der Waals surface area contributed by atoms with Crippen molar-refractivity contribution in [3.05, 3.63) is 24.1 Å². The van der Waals surface area contributed by atoms with Crippen molar-refractivity contribution in [2.75, 3.05) is 5.32 Å². The van der Waals surface area contributed by atoms with Gasteiger partial charge >= 0.3 is 5.51 Å². The molecule has 3 aromatic rings. The molecule has 3 N–H and O–H groups in total. The SMILES string of the molecule is O=C1N[C@@H](c2nc(-c3sc4c(N[C@@H]5C[C@H]6C7=[N+]6[C@@H](CC7)[C@@H]5F)cccc4c3SC(F)(F)F)no2)C[C@@H]1O. The fourth-order valence-corrected chi connectivity index (χ4v) is 7.99. The highest BCUT2D eigenvalue weighted by Gasteiger charge is 2.64. The zero-order valence-corrected chi connectivity index (χ0v) is 20.6. The van der Waals surface area contributed by atoms with Crippen molar-refractivity contribution >= 4 is 50.5 Å². The lowest BCUT2D eigenvalue weighted by molar-refractivity contribution is -0.529. The summed E-state index contributed by atoms with van der Waals surface area (Å²) in [7, 11) is 0. The molecule has 4 aliphatic heterocycles. The van der Waals surface area contributed by atoms with Gasteiger partial charge in [0.05, 0.1) is 21.3 Å². The summed E-state index contributed by atoms with van der Waals surface area (Å²) in [5.74, 6) is -0.624. The fraction of sp³-hybridized carbons (Fsp3) is 0.478. The Balaban J connectivity index is 1.25. The number of nitrogens with zero attached hydrogens (tertiary/aromatic N) is 3. The molecule has 4 aliphatic rings. The number of carbonyl (C=O) groups excluding carboxylic acids is 1. The number of benzene rings is 1. The second kappa shape index (κ2) is 8.14. The lowest BCUT2D eigenvalue weighted by Crippen LogP contribution is -2.48. The largest absolute Gasteiger partial charge is 0.446 e. The predicted octanol–water partition coefficient (Wildman–Crippen LogP) is 4.01. The first-order chi connectivity index (χ1) is 17.7. The van der Waals surface area contributed by atoms with Crippen molar-refractivity contribution in [3.63, 3.8) is 0 Å². The number of fused-ring (bicyclic) bond motifs is 2. The molecular weight excluding hydrogens is 534 g/mol. The van der Waals surface area contributed by atoms with Crippen LogP contribution < -0.4 is 10.6 Å². The Morgan fingerprint density at radius 3 is 2.89 bits per heavy atom. The van der Waals surface area contributed by atoms with Gasteiger partial charge in [-0.05, 0) is 17.8 Å². The highest BCUT2D eigenvalue weighted by atomic mass is 32.2. The highest BCUT2D eigenvalue weighted by molar-refractivity contribution is 8.00. The number of aromatic nitrogens is 2. The lowest BCUT2D eigenvalue weighted by atomic mass is 9.88. The summed E-state index contributed by atoms with van der Waals surface area (Å²) in [4.78, 5) is 16.0. The number of amides is 1. The van der Waals surface area contributed by atoms with Gasteiger partial charge in [0.2, 0.25) is 29.4 Å². The van der Waals surface area contributed by atoms with Crippen LogP contribution in [0.4, 0.5) is 23.2 Å². The first-order valence-corrected chi connectivity index (χ1v) is 13.5. The van der Waals surface area contributed by atoms with Crippen LogP contribution in [0.5, 0.6) is 0 Å². The number of anilines is 1. The minimum absolute atomic E-state index is 0.00248. The molecule has 1 aromatic carbocycles. The monoisotopic (exact) mass is 554 g/mol. The Hall–Kier alpha value is -2.71. The number of thioether (sulfide) groups is 1. The number of piperidine rings is 2. The van der Waals surface area contributed by atoms with E-state index < -0.39 is 35.8 Å². The van der Waals surface area contributed by atoms with Crippen LogP contribution in [0.15, 0.2) is 27.6 Å². The van der Waals surface area contributed by atoms with Crippen LogP contribution in [0.1, 0.15) is 37.6 Å². The second-order valence-corrected chi connectivity index (χ2v) is 11.8. The van der Waals surface area contributed by atoms with Crippen LogP contribution in [-0.4, -0.2) is 67.4 Å². The standard InChI is InChI=1S/C23H19F4N5O3S2/c24-16-10(6-14-12-4-5-13(16)32(12)14)28-9-3-1-2-8-17(9)36-19(18(8)37-23(25,26)27)20-30-22(35-31-20)11-7-15(33)21(34)29-11/h1-3,10-11,13-16,28,33H,4-7H2/p+1/t10-,11-,13+,14+,15+,16-/m1/s1. The van der Waals surface area contributed by atoms with Crippen molar-refractivity contribution < 1.29 is 36.6 Å². The third-order valence-corrected chi connectivity index (χ3v) is 9.74. The molecule has 0 aliphatic carbocycles. The van der Waals surface area contributed by atoms with Crippen molar-refractivity contribution in [3.8, 4) is 10.7 Å². The molecule has 0 saturated carbocycles. The Bertz CT molecular complexity index is 1470. The van der Waals surface area contributed by atoms with Crippen molar-refractivity contribution in [2.45, 2.75) is 72.5 Å². The zero-order valence-electron chi connectivity index (χ0n) is 19.0. The number of thiophene rings is 1. The van der Waals surface area contributed by atoms with E-state index in [1.54, 1.807) is 18.2 Å². The summed E-state index contributed by atoms with van der Waals surface area (Å²) < 4.78 is 64.1. The Labute approximate surface area is 215 Å². The summed E-state index contributed by atoms with van der Waals surface area (Å²) >= 11 is 0.814. The minimum atomic E-state index is -4.57. The van der Waals surface area contributed by atoms with Crippen LogP contribution in [-0.2, 0) is 4.79 Å². The second-order valence-electron chi connectivity index (χ2n) is 9.71. The summed E-state index contributed by atoms with van der Waals surface area (Å²) in [6.07, 6.45) is 0.0928. The molecule has 0 unspecified atom stereocenters. The first-order valence-electron chi connectivity index (χ1n) is 11.9. The van der Waals surface area contributed by atoms with E-state index in [9.17, 15) is 23.1 Å². The quantitative estimate of drug-likeness (QED) is 0.249. The molecule has 37 heavy (non-hydrogen) atoms. The molecule has 6 heterocycles. The number of nitrogens with one attached hydrogen (secondary N) is 2. The Morgan fingerprint density at radius 2 is 2.14 bits per heavy atom. The van der Waals surface area contributed by atoms with Gasteiger partial charge in [-0.25, -0.2) is 8.97 Å². The summed E-state index contributed by atoms with van der Waals surface area (Å²) in [5, 5.41) is 19.8. The molecule has 194 valence electrons. The van der Waals surface area contributed by atoms with Crippen LogP contribution in [0, 0.1) is 0 Å². The van der Waals surface area contributed by atoms with Crippen LogP contribution >= 0.6 is 23.1 Å². The average Bonchev–Trinajstić information content (AvgIpc) is 3.34. The van der Waals surface area contributed by atoms with Gasteiger partial charge in [-0.1, -0.05) is 17.3 Å². The number of alkyl halides is 4. The van der Waals surface area contributed by atoms with E-state index in [0.29, 0.717) is 28.2 Å². The Morgan fingerprint density at radius 1 is 1.30 bits per heavy atom. The number of hydrogen-bond donors (Lipinski definition) is 3. The van der Waals surface area contributed by atoms with Gasteiger partial charge < -0.3 is 20.3 Å². The molecule has 0 spiro atoms. The van der Waals surface area contributed by atoms with Crippen molar-refractivity contribution in [1.82, 2.24) is 15.5 Å². The van der Waals surface area contributed by atoms with E-state index in [1.165, 1.54) is 5.71 Å². The third-order valence-electron chi connectivity index (χ3n) is 7.52. The molecule has 0 bridgehead atoms. The van der Waals surface area contributed by atoms with Gasteiger partial charge in [-0.15, -0.1) is 11.3 Å². The van der Waals surface area contributed by atoms with E-state index in [-0.39, 0.29) is 45.7 Å². The molecule has 2 fully saturated rings. The predicted molar refractivity (Wildman–Crippen MR) is 128 cm³/mol. The van der Waals surface area contributed by atoms with Crippen LogP contribution in [0.2, 0.25) is 0 Å². The zero-order chi connectivity index (χ0) is 25.6. The molecule has 7 rings (SSSR count). The van der Waals surface area contributed by atoms with E-state index in [1.807, 2.05) is 0 Å². The number of hydrogen-bond acceptors (Lipinski definition) is 8. The van der Waals surface area contributed by atoms with Gasteiger partial charge in [0, 0.05) is 36.0 Å². The van der Waals surface area contributed by atoms with Gasteiger partial charge in [0.15, 0.2) is 12.2 Å². The molecule has 0 radical (unpaired) electrons. The molecule has 2 aromatic heterocycles. The van der Waals surface area contributed by atoms with E-state index in [0.717, 1.165) is 24.2 Å². The normalized spacial score (nSPS) is 30.7. The first kappa shape index (κ1) is 23.4. The topological polar surface area (TPSA) is 103 Å². The average molecular weight is 555 g/mol. The summed E-state index contributed by atoms with van der Waals surface area (Å²) in [5.41, 5.74) is -2.69. The number of halogens is 4. The molecular formula is C23H20F4N5O3S2+. The maximum Gasteiger partial charge on any atom is 0.446 e. The number of aliphatic hydroxyl groups excluding tert-OH is 1. The smallest absolute Gasteiger partial charge is 0.383 e. The van der Waals surface area contributed by atoms with Gasteiger partial charge in [0.25, 0.3) is 0 Å². The van der Waals surface area contributed by atoms with Crippen molar-refractivity contribution in [2.24, 2.45) is 0 Å².